The van der Waals surface area contributed by atoms with Crippen molar-refractivity contribution >= 4 is 17.5 Å². The van der Waals surface area contributed by atoms with Crippen molar-refractivity contribution in [2.45, 2.75) is 0 Å². The molecular formula is C12H12N4O2. The summed E-state index contributed by atoms with van der Waals surface area (Å²) in [5.74, 6) is -0.960. The summed E-state index contributed by atoms with van der Waals surface area (Å²) >= 11 is 0. The lowest BCUT2D eigenvalue weighted by Crippen LogP contribution is -2.31. The van der Waals surface area contributed by atoms with Crippen LogP contribution in [0.2, 0.25) is 0 Å². The van der Waals surface area contributed by atoms with Crippen LogP contribution in [0.3, 0.4) is 0 Å². The van der Waals surface area contributed by atoms with E-state index < -0.39 is 11.8 Å². The van der Waals surface area contributed by atoms with Gasteiger partial charge in [-0.2, -0.15) is 5.10 Å². The zero-order valence-corrected chi connectivity index (χ0v) is 9.75. The highest BCUT2D eigenvalue weighted by molar-refractivity contribution is 6.09. The lowest BCUT2D eigenvalue weighted by molar-refractivity contribution is 0.0844. The maximum absolute atomic E-state index is 11.8. The van der Waals surface area contributed by atoms with Gasteiger partial charge in [-0.1, -0.05) is 0 Å². The van der Waals surface area contributed by atoms with Gasteiger partial charge in [0.05, 0.1) is 0 Å². The third kappa shape index (κ3) is 2.37. The molecule has 0 bridgehead atoms. The van der Waals surface area contributed by atoms with E-state index in [0.29, 0.717) is 16.9 Å². The molecule has 1 heterocycles. The minimum absolute atomic E-state index is 0.318. The number of anilines is 1. The van der Waals surface area contributed by atoms with E-state index in [2.05, 4.69) is 10.4 Å². The van der Waals surface area contributed by atoms with Gasteiger partial charge in [0, 0.05) is 24.5 Å². The number of carbonyl (C=O) groups is 2. The third-order valence-corrected chi connectivity index (χ3v) is 2.45. The van der Waals surface area contributed by atoms with E-state index in [1.165, 1.54) is 16.9 Å². The first kappa shape index (κ1) is 11.8. The number of hydrogen-bond donors (Lipinski definition) is 2. The number of hydrogen-bond acceptors (Lipinski definition) is 4. The molecule has 1 aromatic heterocycles. The Morgan fingerprint density at radius 3 is 2.39 bits per heavy atom. The number of aryl methyl sites for hydroxylation is 1. The van der Waals surface area contributed by atoms with Gasteiger partial charge >= 0.3 is 0 Å². The Kier molecular flexibility index (Phi) is 3.09. The summed E-state index contributed by atoms with van der Waals surface area (Å²) in [5, 5.41) is 6.14. The smallest absolute Gasteiger partial charge is 0.276 e. The second-order valence-electron chi connectivity index (χ2n) is 3.75. The number of aromatic nitrogens is 2. The number of carbonyl (C=O) groups excluding carboxylic acids is 2. The van der Waals surface area contributed by atoms with Crippen molar-refractivity contribution in [3.63, 3.8) is 0 Å². The molecule has 92 valence electrons. The van der Waals surface area contributed by atoms with Crippen LogP contribution in [0.4, 0.5) is 5.69 Å². The van der Waals surface area contributed by atoms with Gasteiger partial charge in [0.1, 0.15) is 5.69 Å². The highest BCUT2D eigenvalue weighted by Gasteiger charge is 2.14. The van der Waals surface area contributed by atoms with Crippen LogP contribution in [0.15, 0.2) is 36.5 Å². The quantitative estimate of drug-likeness (QED) is 0.597. The van der Waals surface area contributed by atoms with Gasteiger partial charge in [-0.15, -0.1) is 0 Å². The van der Waals surface area contributed by atoms with E-state index >= 15 is 0 Å². The Morgan fingerprint density at radius 1 is 1.17 bits per heavy atom. The van der Waals surface area contributed by atoms with Crippen LogP contribution >= 0.6 is 0 Å². The Balaban J connectivity index is 2.10. The summed E-state index contributed by atoms with van der Waals surface area (Å²) in [7, 11) is 1.63. The molecule has 0 aliphatic rings. The normalized spacial score (nSPS) is 10.1. The standard InChI is InChI=1S/C12H12N4O2/c1-16-10(6-7-14-16)12(18)15-11(17)8-2-4-9(13)5-3-8/h2-7H,13H2,1H3,(H,15,17,18). The summed E-state index contributed by atoms with van der Waals surface area (Å²) < 4.78 is 1.39. The van der Waals surface area contributed by atoms with Crippen molar-refractivity contribution in [1.82, 2.24) is 15.1 Å². The Bertz CT molecular complexity index is 586. The molecule has 0 atom stereocenters. The van der Waals surface area contributed by atoms with Crippen molar-refractivity contribution in [2.24, 2.45) is 7.05 Å². The topological polar surface area (TPSA) is 90.0 Å². The number of nitrogens with two attached hydrogens (primary N) is 1. The maximum Gasteiger partial charge on any atom is 0.276 e. The molecule has 6 nitrogen and oxygen atoms in total. The number of imide groups is 1. The molecule has 0 radical (unpaired) electrons. The van der Waals surface area contributed by atoms with Crippen molar-refractivity contribution in [3.8, 4) is 0 Å². The Labute approximate surface area is 103 Å². The van der Waals surface area contributed by atoms with Crippen molar-refractivity contribution in [2.75, 3.05) is 5.73 Å². The van der Waals surface area contributed by atoms with E-state index in [9.17, 15) is 9.59 Å². The summed E-state index contributed by atoms with van der Waals surface area (Å²) in [6, 6.07) is 7.85. The molecule has 18 heavy (non-hydrogen) atoms. The van der Waals surface area contributed by atoms with E-state index in [-0.39, 0.29) is 0 Å². The fraction of sp³-hybridized carbons (Fsp3) is 0.0833. The van der Waals surface area contributed by atoms with E-state index in [1.54, 1.807) is 31.3 Å². The average Bonchev–Trinajstić information content (AvgIpc) is 2.76. The molecular weight excluding hydrogens is 232 g/mol. The van der Waals surface area contributed by atoms with Crippen LogP contribution in [0.25, 0.3) is 0 Å². The van der Waals surface area contributed by atoms with Crippen molar-refractivity contribution in [1.29, 1.82) is 0 Å². The molecule has 6 heteroatoms. The first-order valence-corrected chi connectivity index (χ1v) is 5.27. The molecule has 2 amide bonds. The molecule has 0 saturated carbocycles. The molecule has 0 aliphatic carbocycles. The molecule has 0 unspecified atom stereocenters. The van der Waals surface area contributed by atoms with Gasteiger partial charge in [0.25, 0.3) is 11.8 Å². The van der Waals surface area contributed by atoms with E-state index in [1.807, 2.05) is 0 Å². The van der Waals surface area contributed by atoms with E-state index in [0.717, 1.165) is 0 Å². The number of rotatable bonds is 2. The molecule has 0 fully saturated rings. The fourth-order valence-electron chi connectivity index (χ4n) is 1.47. The molecule has 2 aromatic rings. The van der Waals surface area contributed by atoms with Crippen LogP contribution < -0.4 is 11.1 Å². The summed E-state index contributed by atoms with van der Waals surface area (Å²) in [5.41, 5.74) is 6.77. The SMILES string of the molecule is Cn1nccc1C(=O)NC(=O)c1ccc(N)cc1. The van der Waals surface area contributed by atoms with Crippen LogP contribution in [0, 0.1) is 0 Å². The minimum Gasteiger partial charge on any atom is -0.399 e. The predicted octanol–water partition coefficient (Wildman–Crippen LogP) is 0.573. The summed E-state index contributed by atoms with van der Waals surface area (Å²) in [4.78, 5) is 23.5. The van der Waals surface area contributed by atoms with Crippen LogP contribution in [0.1, 0.15) is 20.8 Å². The van der Waals surface area contributed by atoms with Gasteiger partial charge in [0.15, 0.2) is 0 Å². The molecule has 2 rings (SSSR count). The van der Waals surface area contributed by atoms with E-state index in [4.69, 9.17) is 5.73 Å². The number of nitrogens with one attached hydrogen (secondary N) is 1. The largest absolute Gasteiger partial charge is 0.399 e. The van der Waals surface area contributed by atoms with Crippen molar-refractivity contribution < 1.29 is 9.59 Å². The van der Waals surface area contributed by atoms with Gasteiger partial charge in [-0.25, -0.2) is 0 Å². The number of nitrogens with zero attached hydrogens (tertiary/aromatic N) is 2. The number of nitrogen functional groups attached to an aromatic ring is 1. The molecule has 3 N–H and O–H groups in total. The zero-order chi connectivity index (χ0) is 13.1. The monoisotopic (exact) mass is 244 g/mol. The fourth-order valence-corrected chi connectivity index (χ4v) is 1.47. The van der Waals surface area contributed by atoms with Gasteiger partial charge in [-0.05, 0) is 30.3 Å². The molecule has 0 aliphatic heterocycles. The second-order valence-corrected chi connectivity index (χ2v) is 3.75. The van der Waals surface area contributed by atoms with Crippen molar-refractivity contribution in [3.05, 3.63) is 47.8 Å². The lowest BCUT2D eigenvalue weighted by Gasteiger charge is -2.04. The summed E-state index contributed by atoms with van der Waals surface area (Å²) in [6.07, 6.45) is 1.49. The number of benzene rings is 1. The first-order chi connectivity index (χ1) is 8.58. The third-order valence-electron chi connectivity index (χ3n) is 2.45. The highest BCUT2D eigenvalue weighted by atomic mass is 16.2. The van der Waals surface area contributed by atoms with Crippen LogP contribution in [-0.4, -0.2) is 21.6 Å². The molecule has 0 saturated heterocycles. The first-order valence-electron chi connectivity index (χ1n) is 5.27. The van der Waals surface area contributed by atoms with Gasteiger partial charge < -0.3 is 5.73 Å². The second kappa shape index (κ2) is 4.70. The van der Waals surface area contributed by atoms with Gasteiger partial charge in [-0.3, -0.25) is 19.6 Å². The van der Waals surface area contributed by atoms with Gasteiger partial charge in [0.2, 0.25) is 0 Å². The number of amides is 2. The zero-order valence-electron chi connectivity index (χ0n) is 9.75. The Morgan fingerprint density at radius 2 is 1.83 bits per heavy atom. The maximum atomic E-state index is 11.8. The lowest BCUT2D eigenvalue weighted by atomic mass is 10.2. The summed E-state index contributed by atoms with van der Waals surface area (Å²) in [6.45, 7) is 0. The predicted molar refractivity (Wildman–Crippen MR) is 65.9 cm³/mol. The van der Waals surface area contributed by atoms with Crippen LogP contribution in [-0.2, 0) is 7.05 Å². The minimum atomic E-state index is -0.489. The van der Waals surface area contributed by atoms with Crippen LogP contribution in [0.5, 0.6) is 0 Å². The Hall–Kier alpha value is -2.63. The molecule has 0 spiro atoms. The average molecular weight is 244 g/mol. The highest BCUT2D eigenvalue weighted by Crippen LogP contribution is 2.05. The molecule has 1 aromatic carbocycles.